The summed E-state index contributed by atoms with van der Waals surface area (Å²) in [5, 5.41) is 1.23. The Labute approximate surface area is 183 Å². The van der Waals surface area contributed by atoms with Crippen LogP contribution in [0.15, 0.2) is 58.3 Å². The standard InChI is InChI=1S/C23H26O6S2/c1-14(2)20-6-5-7-21-22(20)12-18(13-23(21)31(27,28)29)16(4)10-17-11-19(30(24,25)26)9-8-15(17)3/h5-9,11-14,16H,10H2,1-4H3,(H,24,25,26)(H,27,28,29). The molecule has 0 fully saturated rings. The molecule has 0 bridgehead atoms. The highest BCUT2D eigenvalue weighted by atomic mass is 32.2. The molecule has 0 aliphatic carbocycles. The minimum Gasteiger partial charge on any atom is -0.282 e. The maximum absolute atomic E-state index is 12.1. The van der Waals surface area contributed by atoms with Gasteiger partial charge in [0.25, 0.3) is 20.2 Å². The highest BCUT2D eigenvalue weighted by Gasteiger charge is 2.21. The van der Waals surface area contributed by atoms with Crippen molar-refractivity contribution in [2.24, 2.45) is 0 Å². The predicted molar refractivity (Wildman–Crippen MR) is 121 cm³/mol. The van der Waals surface area contributed by atoms with Crippen molar-refractivity contribution in [3.8, 4) is 0 Å². The Morgan fingerprint density at radius 3 is 2.10 bits per heavy atom. The normalized spacial score (nSPS) is 13.6. The van der Waals surface area contributed by atoms with Gasteiger partial charge >= 0.3 is 0 Å². The molecule has 0 spiro atoms. The highest BCUT2D eigenvalue weighted by Crippen LogP contribution is 2.34. The van der Waals surface area contributed by atoms with E-state index in [9.17, 15) is 25.9 Å². The van der Waals surface area contributed by atoms with Crippen molar-refractivity contribution in [1.82, 2.24) is 0 Å². The molecule has 3 aromatic carbocycles. The Morgan fingerprint density at radius 2 is 1.52 bits per heavy atom. The maximum atomic E-state index is 12.1. The molecule has 166 valence electrons. The van der Waals surface area contributed by atoms with E-state index < -0.39 is 20.2 Å². The molecular weight excluding hydrogens is 436 g/mol. The van der Waals surface area contributed by atoms with E-state index in [1.807, 2.05) is 39.8 Å². The first-order chi connectivity index (χ1) is 14.3. The molecule has 31 heavy (non-hydrogen) atoms. The number of aryl methyl sites for hydroxylation is 1. The molecule has 6 nitrogen and oxygen atoms in total. The average molecular weight is 463 g/mol. The molecule has 0 radical (unpaired) electrons. The zero-order chi connectivity index (χ0) is 23.1. The molecule has 0 heterocycles. The van der Waals surface area contributed by atoms with E-state index in [1.165, 1.54) is 18.2 Å². The van der Waals surface area contributed by atoms with Gasteiger partial charge in [-0.15, -0.1) is 0 Å². The van der Waals surface area contributed by atoms with Crippen molar-refractivity contribution in [3.63, 3.8) is 0 Å². The van der Waals surface area contributed by atoms with Crippen molar-refractivity contribution >= 4 is 31.0 Å². The van der Waals surface area contributed by atoms with E-state index in [1.54, 1.807) is 18.2 Å². The zero-order valence-electron chi connectivity index (χ0n) is 17.8. The Bertz CT molecular complexity index is 1360. The van der Waals surface area contributed by atoms with E-state index >= 15 is 0 Å². The Hall–Kier alpha value is -2.26. The van der Waals surface area contributed by atoms with E-state index in [0.717, 1.165) is 22.1 Å². The number of benzene rings is 3. The molecule has 0 amide bonds. The van der Waals surface area contributed by atoms with E-state index in [4.69, 9.17) is 0 Å². The summed E-state index contributed by atoms with van der Waals surface area (Å²) in [7, 11) is -8.77. The lowest BCUT2D eigenvalue weighted by Crippen LogP contribution is -2.07. The van der Waals surface area contributed by atoms with Crippen LogP contribution < -0.4 is 0 Å². The summed E-state index contributed by atoms with van der Waals surface area (Å²) >= 11 is 0. The van der Waals surface area contributed by atoms with Gasteiger partial charge in [-0.05, 0) is 71.0 Å². The molecule has 1 atom stereocenters. The lowest BCUT2D eigenvalue weighted by molar-refractivity contribution is 0.481. The number of rotatable bonds is 6. The third-order valence-corrected chi connectivity index (χ3v) is 7.37. The highest BCUT2D eigenvalue weighted by molar-refractivity contribution is 7.86. The molecule has 1 unspecified atom stereocenters. The predicted octanol–water partition coefficient (Wildman–Crippen LogP) is 5.11. The van der Waals surface area contributed by atoms with Crippen LogP contribution >= 0.6 is 0 Å². The minimum absolute atomic E-state index is 0.141. The van der Waals surface area contributed by atoms with Crippen LogP contribution in [0.1, 0.15) is 54.9 Å². The van der Waals surface area contributed by atoms with Crippen LogP contribution in [0.5, 0.6) is 0 Å². The van der Waals surface area contributed by atoms with Gasteiger partial charge in [-0.3, -0.25) is 9.11 Å². The first-order valence-electron chi connectivity index (χ1n) is 9.90. The van der Waals surface area contributed by atoms with E-state index in [0.29, 0.717) is 17.4 Å². The van der Waals surface area contributed by atoms with Crippen molar-refractivity contribution in [1.29, 1.82) is 0 Å². The molecule has 2 N–H and O–H groups in total. The molecule has 0 aromatic heterocycles. The summed E-state index contributed by atoms with van der Waals surface area (Å²) in [6.45, 7) is 7.79. The number of fused-ring (bicyclic) bond motifs is 1. The summed E-state index contributed by atoms with van der Waals surface area (Å²) in [5.41, 5.74) is 3.28. The van der Waals surface area contributed by atoms with E-state index in [2.05, 4.69) is 0 Å². The maximum Gasteiger partial charge on any atom is 0.295 e. The second kappa shape index (κ2) is 8.35. The molecule has 3 rings (SSSR count). The van der Waals surface area contributed by atoms with Crippen molar-refractivity contribution in [2.45, 2.75) is 55.7 Å². The van der Waals surface area contributed by atoms with Crippen LogP contribution in [0, 0.1) is 6.92 Å². The van der Waals surface area contributed by atoms with Gasteiger partial charge in [0.1, 0.15) is 4.90 Å². The first-order valence-corrected chi connectivity index (χ1v) is 12.8. The van der Waals surface area contributed by atoms with Crippen LogP contribution in [0.25, 0.3) is 10.8 Å². The van der Waals surface area contributed by atoms with Crippen molar-refractivity contribution < 1.29 is 25.9 Å². The lowest BCUT2D eigenvalue weighted by atomic mass is 9.88. The van der Waals surface area contributed by atoms with Crippen LogP contribution in [0.4, 0.5) is 0 Å². The van der Waals surface area contributed by atoms with Gasteiger partial charge in [0.15, 0.2) is 0 Å². The number of hydrogen-bond acceptors (Lipinski definition) is 4. The summed E-state index contributed by atoms with van der Waals surface area (Å²) in [6.07, 6.45) is 0.426. The van der Waals surface area contributed by atoms with Crippen molar-refractivity contribution in [3.05, 3.63) is 70.8 Å². The fourth-order valence-electron chi connectivity index (χ4n) is 3.87. The molecule has 0 aliphatic rings. The fourth-order valence-corrected chi connectivity index (χ4v) is 5.15. The number of hydrogen-bond donors (Lipinski definition) is 2. The van der Waals surface area contributed by atoms with E-state index in [-0.39, 0.29) is 21.6 Å². The van der Waals surface area contributed by atoms with Crippen LogP contribution in [-0.4, -0.2) is 25.9 Å². The lowest BCUT2D eigenvalue weighted by Gasteiger charge is -2.19. The summed E-state index contributed by atoms with van der Waals surface area (Å²) in [6, 6.07) is 13.2. The quantitative estimate of drug-likeness (QED) is 0.493. The van der Waals surface area contributed by atoms with Gasteiger partial charge in [0, 0.05) is 5.39 Å². The molecule has 0 saturated carbocycles. The molecular formula is C23H26O6S2. The second-order valence-corrected chi connectivity index (χ2v) is 11.1. The van der Waals surface area contributed by atoms with Gasteiger partial charge in [0.05, 0.1) is 4.90 Å². The van der Waals surface area contributed by atoms with Gasteiger partial charge in [-0.1, -0.05) is 51.1 Å². The topological polar surface area (TPSA) is 109 Å². The monoisotopic (exact) mass is 462 g/mol. The van der Waals surface area contributed by atoms with Gasteiger partial charge in [-0.25, -0.2) is 0 Å². The van der Waals surface area contributed by atoms with Crippen LogP contribution in [0.3, 0.4) is 0 Å². The van der Waals surface area contributed by atoms with Gasteiger partial charge in [-0.2, -0.15) is 16.8 Å². The molecule has 3 aromatic rings. The molecule has 0 saturated heterocycles. The third-order valence-electron chi connectivity index (χ3n) is 5.63. The summed E-state index contributed by atoms with van der Waals surface area (Å²) in [4.78, 5) is -0.322. The SMILES string of the molecule is Cc1ccc(S(=O)(=O)O)cc1CC(C)c1cc(S(=O)(=O)O)c2cccc(C(C)C)c2c1. The van der Waals surface area contributed by atoms with Crippen LogP contribution in [-0.2, 0) is 26.7 Å². The Balaban J connectivity index is 2.16. The molecule has 8 heteroatoms. The largest absolute Gasteiger partial charge is 0.295 e. The third kappa shape index (κ3) is 4.98. The van der Waals surface area contributed by atoms with Gasteiger partial charge < -0.3 is 0 Å². The molecule has 0 aliphatic heterocycles. The average Bonchev–Trinajstić information content (AvgIpc) is 2.66. The first kappa shape index (κ1) is 23.4. The second-order valence-electron chi connectivity index (χ2n) is 8.26. The van der Waals surface area contributed by atoms with Crippen LogP contribution in [0.2, 0.25) is 0 Å². The summed E-state index contributed by atoms with van der Waals surface area (Å²) < 4.78 is 66.5. The summed E-state index contributed by atoms with van der Waals surface area (Å²) in [5.74, 6) is -0.0299. The smallest absolute Gasteiger partial charge is 0.282 e. The zero-order valence-corrected chi connectivity index (χ0v) is 19.5. The van der Waals surface area contributed by atoms with Gasteiger partial charge in [0.2, 0.25) is 0 Å². The Morgan fingerprint density at radius 1 is 0.839 bits per heavy atom. The minimum atomic E-state index is -4.45. The fraction of sp³-hybridized carbons (Fsp3) is 0.304. The van der Waals surface area contributed by atoms with Crippen molar-refractivity contribution in [2.75, 3.05) is 0 Å². The Kier molecular flexibility index (Phi) is 6.30.